The molecule has 2 heterocycles. The molecule has 1 aromatic rings. The number of aryl methyl sites for hydroxylation is 1. The number of nitrogens with one attached hydrogen (secondary N) is 1. The fraction of sp³-hybridized carbons (Fsp3) is 0.692. The van der Waals surface area contributed by atoms with E-state index in [1.807, 2.05) is 6.92 Å². The van der Waals surface area contributed by atoms with Gasteiger partial charge in [-0.25, -0.2) is 13.2 Å². The standard InChI is InChI=1S/C26H43N3O6SSi/c1-18-10-12-20(13-11-18)36(32,33)28-16-21(27-23(30)17-28)22-14-19(35-37(8,9)26(5,6)7)15-29(22)24(31)34-25(2,3)4/h10-13,19,21-22H,14-17H2,1-9H3,(H,27,30)/t19-,21?,22+/m1/s1. The second-order valence-electron chi connectivity index (χ2n) is 12.7. The second-order valence-corrected chi connectivity index (χ2v) is 19.4. The number of nitrogens with zero attached hydrogens (tertiary/aromatic N) is 2. The Morgan fingerprint density at radius 1 is 1.05 bits per heavy atom. The van der Waals surface area contributed by atoms with Crippen molar-refractivity contribution >= 4 is 30.3 Å². The van der Waals surface area contributed by atoms with Crippen LogP contribution in [0, 0.1) is 6.92 Å². The van der Waals surface area contributed by atoms with E-state index in [-0.39, 0.29) is 29.1 Å². The minimum Gasteiger partial charge on any atom is -0.444 e. The maximum Gasteiger partial charge on any atom is 0.410 e. The molecule has 2 amide bonds. The van der Waals surface area contributed by atoms with E-state index in [9.17, 15) is 18.0 Å². The number of hydrogen-bond donors (Lipinski definition) is 1. The average Bonchev–Trinajstić information content (AvgIpc) is 3.15. The van der Waals surface area contributed by atoms with E-state index in [4.69, 9.17) is 9.16 Å². The zero-order chi connectivity index (χ0) is 28.0. The van der Waals surface area contributed by atoms with Gasteiger partial charge < -0.3 is 19.4 Å². The van der Waals surface area contributed by atoms with Crippen molar-refractivity contribution < 1.29 is 27.2 Å². The Labute approximate surface area is 223 Å². The first-order chi connectivity index (χ1) is 16.8. The number of carbonyl (C=O) groups is 2. The van der Waals surface area contributed by atoms with Gasteiger partial charge in [-0.2, -0.15) is 4.31 Å². The van der Waals surface area contributed by atoms with Crippen molar-refractivity contribution in [3.05, 3.63) is 29.8 Å². The highest BCUT2D eigenvalue weighted by molar-refractivity contribution is 7.89. The van der Waals surface area contributed by atoms with Gasteiger partial charge in [-0.05, 0) is 64.4 Å². The number of likely N-dealkylation sites (tertiary alicyclic amines) is 1. The van der Waals surface area contributed by atoms with E-state index in [1.54, 1.807) is 49.9 Å². The third-order valence-electron chi connectivity index (χ3n) is 7.39. The third kappa shape index (κ3) is 6.93. The fourth-order valence-electron chi connectivity index (χ4n) is 4.42. The molecular formula is C26H43N3O6SSi. The lowest BCUT2D eigenvalue weighted by Gasteiger charge is -2.38. The fourth-order valence-corrected chi connectivity index (χ4v) is 7.20. The first-order valence-corrected chi connectivity index (χ1v) is 17.2. The predicted octanol–water partition coefficient (Wildman–Crippen LogP) is 3.88. The first-order valence-electron chi connectivity index (χ1n) is 12.8. The summed E-state index contributed by atoms with van der Waals surface area (Å²) >= 11 is 0. The molecule has 3 atom stereocenters. The van der Waals surface area contributed by atoms with Gasteiger partial charge in [-0.3, -0.25) is 4.79 Å². The molecular weight excluding hydrogens is 510 g/mol. The number of ether oxygens (including phenoxy) is 1. The number of carbonyl (C=O) groups excluding carboxylic acids is 2. The SMILES string of the molecule is Cc1ccc(S(=O)(=O)N2CC(=O)NC([C@@H]3C[C@@H](O[Si](C)(C)C(C)(C)C)CN3C(=O)OC(C)(C)C)C2)cc1. The molecule has 1 N–H and O–H groups in total. The molecule has 0 aromatic heterocycles. The van der Waals surface area contributed by atoms with Crippen LogP contribution in [-0.2, 0) is 24.0 Å². The summed E-state index contributed by atoms with van der Waals surface area (Å²) in [6, 6.07) is 5.51. The van der Waals surface area contributed by atoms with Crippen molar-refractivity contribution in [1.29, 1.82) is 0 Å². The molecule has 208 valence electrons. The van der Waals surface area contributed by atoms with Crippen molar-refractivity contribution in [3.63, 3.8) is 0 Å². The summed E-state index contributed by atoms with van der Waals surface area (Å²) in [7, 11) is -6.03. The van der Waals surface area contributed by atoms with E-state index in [1.165, 1.54) is 4.31 Å². The Bertz CT molecular complexity index is 1110. The second kappa shape index (κ2) is 10.3. The molecule has 9 nitrogen and oxygen atoms in total. The van der Waals surface area contributed by atoms with Crippen LogP contribution in [0.25, 0.3) is 0 Å². The van der Waals surface area contributed by atoms with Gasteiger partial charge in [-0.1, -0.05) is 38.5 Å². The normalized spacial score (nSPS) is 24.2. The number of hydrogen-bond acceptors (Lipinski definition) is 6. The van der Waals surface area contributed by atoms with Crippen LogP contribution in [0.3, 0.4) is 0 Å². The molecule has 0 bridgehead atoms. The summed E-state index contributed by atoms with van der Waals surface area (Å²) in [4.78, 5) is 27.7. The van der Waals surface area contributed by atoms with Gasteiger partial charge in [0.2, 0.25) is 15.9 Å². The Morgan fingerprint density at radius 2 is 1.65 bits per heavy atom. The highest BCUT2D eigenvalue weighted by atomic mass is 32.2. The molecule has 2 aliphatic heterocycles. The van der Waals surface area contributed by atoms with E-state index < -0.39 is 48.0 Å². The Morgan fingerprint density at radius 3 is 2.19 bits per heavy atom. The van der Waals surface area contributed by atoms with Gasteiger partial charge in [0, 0.05) is 13.1 Å². The van der Waals surface area contributed by atoms with Gasteiger partial charge >= 0.3 is 6.09 Å². The van der Waals surface area contributed by atoms with Crippen LogP contribution in [0.15, 0.2) is 29.2 Å². The molecule has 1 aromatic carbocycles. The summed E-state index contributed by atoms with van der Waals surface area (Å²) < 4.78 is 40.3. The van der Waals surface area contributed by atoms with Crippen LogP contribution in [0.5, 0.6) is 0 Å². The average molecular weight is 554 g/mol. The van der Waals surface area contributed by atoms with Crippen molar-refractivity contribution in [2.45, 2.75) is 102 Å². The van der Waals surface area contributed by atoms with Crippen molar-refractivity contribution in [2.75, 3.05) is 19.6 Å². The summed E-state index contributed by atoms with van der Waals surface area (Å²) in [5.41, 5.74) is 0.247. The number of amides is 2. The van der Waals surface area contributed by atoms with Crippen molar-refractivity contribution in [3.8, 4) is 0 Å². The lowest BCUT2D eigenvalue weighted by Crippen LogP contribution is -2.62. The molecule has 0 radical (unpaired) electrons. The van der Waals surface area contributed by atoms with E-state index in [0.717, 1.165) is 5.56 Å². The molecule has 0 spiro atoms. The molecule has 0 aliphatic carbocycles. The molecule has 3 rings (SSSR count). The van der Waals surface area contributed by atoms with Crippen molar-refractivity contribution in [2.24, 2.45) is 0 Å². The molecule has 37 heavy (non-hydrogen) atoms. The predicted molar refractivity (Wildman–Crippen MR) is 145 cm³/mol. The Kier molecular flexibility index (Phi) is 8.25. The lowest BCUT2D eigenvalue weighted by atomic mass is 10.0. The van der Waals surface area contributed by atoms with Crippen LogP contribution < -0.4 is 5.32 Å². The number of piperazine rings is 1. The quantitative estimate of drug-likeness (QED) is 0.555. The van der Waals surface area contributed by atoms with E-state index in [2.05, 4.69) is 39.2 Å². The molecule has 2 saturated heterocycles. The first kappa shape index (κ1) is 29.6. The molecule has 2 aliphatic rings. The Balaban J connectivity index is 1.89. The summed E-state index contributed by atoms with van der Waals surface area (Å²) in [6.45, 7) is 18.2. The zero-order valence-electron chi connectivity index (χ0n) is 23.6. The minimum absolute atomic E-state index is 0.0141. The zero-order valence-corrected chi connectivity index (χ0v) is 25.4. The maximum atomic E-state index is 13.4. The van der Waals surface area contributed by atoms with Crippen LogP contribution in [-0.4, -0.2) is 81.4 Å². The van der Waals surface area contributed by atoms with Gasteiger partial charge in [0.15, 0.2) is 8.32 Å². The molecule has 11 heteroatoms. The largest absolute Gasteiger partial charge is 0.444 e. The van der Waals surface area contributed by atoms with Crippen molar-refractivity contribution in [1.82, 2.24) is 14.5 Å². The van der Waals surface area contributed by atoms with E-state index >= 15 is 0 Å². The van der Waals surface area contributed by atoms with Gasteiger partial charge in [0.25, 0.3) is 0 Å². The number of sulfonamides is 1. The minimum atomic E-state index is -3.89. The van der Waals surface area contributed by atoms with Gasteiger partial charge in [-0.15, -0.1) is 0 Å². The lowest BCUT2D eigenvalue weighted by molar-refractivity contribution is -0.124. The van der Waals surface area contributed by atoms with E-state index in [0.29, 0.717) is 13.0 Å². The van der Waals surface area contributed by atoms with Crippen LogP contribution in [0.1, 0.15) is 53.5 Å². The molecule has 0 saturated carbocycles. The highest BCUT2D eigenvalue weighted by Gasteiger charge is 2.48. The summed E-state index contributed by atoms with van der Waals surface area (Å²) in [6.07, 6.45) is -0.249. The topological polar surface area (TPSA) is 105 Å². The smallest absolute Gasteiger partial charge is 0.410 e. The Hall–Kier alpha value is -1.95. The maximum absolute atomic E-state index is 13.4. The summed E-state index contributed by atoms with van der Waals surface area (Å²) in [5.74, 6) is -0.398. The van der Waals surface area contributed by atoms with Crippen LogP contribution in [0.2, 0.25) is 18.1 Å². The third-order valence-corrected chi connectivity index (χ3v) is 13.8. The number of benzene rings is 1. The molecule has 1 unspecified atom stereocenters. The highest BCUT2D eigenvalue weighted by Crippen LogP contribution is 2.39. The van der Waals surface area contributed by atoms with Crippen LogP contribution in [0.4, 0.5) is 4.79 Å². The van der Waals surface area contributed by atoms with Crippen LogP contribution >= 0.6 is 0 Å². The summed E-state index contributed by atoms with van der Waals surface area (Å²) in [5, 5.41) is 2.93. The van der Waals surface area contributed by atoms with Gasteiger partial charge in [0.1, 0.15) is 5.60 Å². The monoisotopic (exact) mass is 553 g/mol. The molecule has 2 fully saturated rings. The van der Waals surface area contributed by atoms with Gasteiger partial charge in [0.05, 0.1) is 29.6 Å². The number of rotatable bonds is 5.